The van der Waals surface area contributed by atoms with Crippen LogP contribution in [-0.2, 0) is 11.3 Å². The molecule has 1 aliphatic rings. The third-order valence-corrected chi connectivity index (χ3v) is 6.59. The molecule has 1 amide bonds. The molecule has 1 aliphatic heterocycles. The van der Waals surface area contributed by atoms with E-state index in [2.05, 4.69) is 15.0 Å². The van der Waals surface area contributed by atoms with Crippen molar-refractivity contribution in [1.82, 2.24) is 14.6 Å². The molecule has 1 atom stereocenters. The molecule has 1 saturated heterocycles. The number of hydrogen-bond donors (Lipinski definition) is 1. The lowest BCUT2D eigenvalue weighted by Gasteiger charge is -2.22. The Kier molecular flexibility index (Phi) is 7.97. The van der Waals surface area contributed by atoms with E-state index >= 15 is 0 Å². The molecule has 0 aliphatic carbocycles. The molecule has 1 N–H and O–H groups in total. The second-order valence-corrected chi connectivity index (χ2v) is 9.16. The van der Waals surface area contributed by atoms with Gasteiger partial charge in [-0.25, -0.2) is 13.7 Å². The van der Waals surface area contributed by atoms with Crippen LogP contribution in [0.4, 0.5) is 13.2 Å². The molecular weight excluding hydrogens is 487 g/mol. The minimum Gasteiger partial charge on any atom is -0.435 e. The first-order valence-corrected chi connectivity index (χ1v) is 11.7. The Morgan fingerprint density at radius 1 is 1.18 bits per heavy atom. The summed E-state index contributed by atoms with van der Waals surface area (Å²) in [7, 11) is 0. The summed E-state index contributed by atoms with van der Waals surface area (Å²) in [4.78, 5) is 18.1. The number of ether oxygens (including phenoxy) is 1. The summed E-state index contributed by atoms with van der Waals surface area (Å²) in [5.41, 5.74) is 1.98. The van der Waals surface area contributed by atoms with Crippen LogP contribution in [0, 0.1) is 5.82 Å². The van der Waals surface area contributed by atoms with Crippen LogP contribution in [0.1, 0.15) is 18.4 Å². The summed E-state index contributed by atoms with van der Waals surface area (Å²) in [6.07, 6.45) is 1.62. The molecule has 5 nitrogen and oxygen atoms in total. The molecule has 0 radical (unpaired) electrons. The normalized spacial score (nSPS) is 16.1. The Morgan fingerprint density at radius 3 is 2.62 bits per heavy atom. The Balaban J connectivity index is 1.39. The molecule has 34 heavy (non-hydrogen) atoms. The number of carbonyl (C=O) groups excluding carboxylic acids is 1. The molecule has 0 bridgehead atoms. The fourth-order valence-corrected chi connectivity index (χ4v) is 4.96. The monoisotopic (exact) mass is 507 g/mol. The van der Waals surface area contributed by atoms with Crippen molar-refractivity contribution in [2.45, 2.75) is 36.9 Å². The Morgan fingerprint density at radius 2 is 1.91 bits per heavy atom. The predicted molar refractivity (Wildman–Crippen MR) is 125 cm³/mol. The number of aromatic nitrogens is 1. The van der Waals surface area contributed by atoms with Gasteiger partial charge in [-0.2, -0.15) is 8.78 Å². The Labute approximate surface area is 204 Å². The lowest BCUT2D eigenvalue weighted by atomic mass is 10.1. The summed E-state index contributed by atoms with van der Waals surface area (Å²) >= 11 is 7.62. The van der Waals surface area contributed by atoms with Crippen LogP contribution >= 0.6 is 23.5 Å². The van der Waals surface area contributed by atoms with E-state index in [0.29, 0.717) is 11.3 Å². The van der Waals surface area contributed by atoms with Crippen molar-refractivity contribution in [3.8, 4) is 17.0 Å². The summed E-state index contributed by atoms with van der Waals surface area (Å²) in [5, 5.41) is 3.21. The van der Waals surface area contributed by atoms with E-state index in [1.54, 1.807) is 36.4 Å². The second kappa shape index (κ2) is 11.1. The third-order valence-electron chi connectivity index (χ3n) is 5.24. The second-order valence-electron chi connectivity index (χ2n) is 7.65. The largest absolute Gasteiger partial charge is 0.435 e. The number of nitrogens with one attached hydrogen (secondary N) is 1. The van der Waals surface area contributed by atoms with E-state index in [-0.39, 0.29) is 35.2 Å². The molecule has 2 aromatic carbocycles. The van der Waals surface area contributed by atoms with Crippen molar-refractivity contribution in [2.75, 3.05) is 6.54 Å². The van der Waals surface area contributed by atoms with Crippen molar-refractivity contribution < 1.29 is 22.7 Å². The molecule has 4 rings (SSSR count). The van der Waals surface area contributed by atoms with Crippen LogP contribution in [0.15, 0.2) is 65.6 Å². The van der Waals surface area contributed by atoms with Crippen molar-refractivity contribution in [2.24, 2.45) is 0 Å². The Hall–Kier alpha value is -2.75. The molecule has 0 saturated carbocycles. The highest BCUT2D eigenvalue weighted by Gasteiger charge is 2.31. The highest BCUT2D eigenvalue weighted by atomic mass is 35.5. The smallest absolute Gasteiger partial charge is 0.387 e. The number of benzene rings is 2. The highest BCUT2D eigenvalue weighted by molar-refractivity contribution is 7.97. The van der Waals surface area contributed by atoms with Crippen LogP contribution in [0.3, 0.4) is 0 Å². The third kappa shape index (κ3) is 6.43. The number of nitrogens with zero attached hydrogens (tertiary/aromatic N) is 2. The summed E-state index contributed by atoms with van der Waals surface area (Å²) in [6.45, 7) is -1.88. The van der Waals surface area contributed by atoms with Gasteiger partial charge in [0.05, 0.1) is 11.7 Å². The van der Waals surface area contributed by atoms with Crippen molar-refractivity contribution in [1.29, 1.82) is 0 Å². The molecule has 1 fully saturated rings. The minimum absolute atomic E-state index is 0.0490. The summed E-state index contributed by atoms with van der Waals surface area (Å²) in [5.74, 6) is -0.351. The molecular formula is C24H21ClF3N3O2S. The molecule has 178 valence electrons. The van der Waals surface area contributed by atoms with Crippen LogP contribution in [0.2, 0.25) is 5.15 Å². The van der Waals surface area contributed by atoms with Gasteiger partial charge < -0.3 is 10.1 Å². The zero-order valence-corrected chi connectivity index (χ0v) is 19.5. The number of alkyl halides is 2. The number of halogens is 4. The Bertz CT molecular complexity index is 1130. The van der Waals surface area contributed by atoms with Crippen LogP contribution in [0.25, 0.3) is 11.3 Å². The van der Waals surface area contributed by atoms with E-state index in [1.807, 2.05) is 4.31 Å². The molecule has 1 unspecified atom stereocenters. The highest BCUT2D eigenvalue weighted by Crippen LogP contribution is 2.31. The van der Waals surface area contributed by atoms with E-state index in [9.17, 15) is 18.0 Å². The molecule has 2 heterocycles. The van der Waals surface area contributed by atoms with Crippen molar-refractivity contribution in [3.05, 3.63) is 77.2 Å². The minimum atomic E-state index is -2.89. The van der Waals surface area contributed by atoms with E-state index in [0.717, 1.165) is 29.8 Å². The maximum atomic E-state index is 13.2. The lowest BCUT2D eigenvalue weighted by molar-refractivity contribution is -0.124. The van der Waals surface area contributed by atoms with Crippen LogP contribution in [-0.4, -0.2) is 34.4 Å². The summed E-state index contributed by atoms with van der Waals surface area (Å²) < 4.78 is 44.2. The fourth-order valence-electron chi connectivity index (χ4n) is 3.66. The first kappa shape index (κ1) is 24.4. The summed E-state index contributed by atoms with van der Waals surface area (Å²) in [6, 6.07) is 15.4. The lowest BCUT2D eigenvalue weighted by Crippen LogP contribution is -2.40. The van der Waals surface area contributed by atoms with Crippen LogP contribution < -0.4 is 10.1 Å². The maximum Gasteiger partial charge on any atom is 0.387 e. The van der Waals surface area contributed by atoms with E-state index in [4.69, 9.17) is 11.6 Å². The number of hydrogen-bond acceptors (Lipinski definition) is 5. The number of rotatable bonds is 8. The molecule has 0 spiro atoms. The van der Waals surface area contributed by atoms with Crippen LogP contribution in [0.5, 0.6) is 5.75 Å². The van der Waals surface area contributed by atoms with E-state index < -0.39 is 6.61 Å². The molecule has 3 aromatic rings. The SMILES string of the molecule is O=C(NCc1cc(Cl)nc(-c2ccc(OC(F)F)cc2)c1)C1CCCN1Sc1ccc(F)cc1. The first-order chi connectivity index (χ1) is 16.4. The maximum absolute atomic E-state index is 13.2. The van der Waals surface area contributed by atoms with Gasteiger partial charge in [0, 0.05) is 23.5 Å². The van der Waals surface area contributed by atoms with E-state index in [1.165, 1.54) is 36.2 Å². The van der Waals surface area contributed by atoms with Gasteiger partial charge in [-0.1, -0.05) is 11.6 Å². The van der Waals surface area contributed by atoms with Gasteiger partial charge >= 0.3 is 6.61 Å². The predicted octanol–water partition coefficient (Wildman–Crippen LogP) is 5.93. The number of pyridine rings is 1. The topological polar surface area (TPSA) is 54.5 Å². The average Bonchev–Trinajstić information content (AvgIpc) is 3.27. The van der Waals surface area contributed by atoms with Gasteiger partial charge in [-0.05, 0) is 91.0 Å². The fraction of sp³-hybridized carbons (Fsp3) is 0.250. The molecule has 10 heteroatoms. The van der Waals surface area contributed by atoms with Gasteiger partial charge in [0.25, 0.3) is 0 Å². The standard InChI is InChI=1S/C24H21ClF3N3O2S/c25-22-13-15(12-20(30-22)16-3-7-18(8-4-16)33-24(27)28)14-29-23(32)21-2-1-11-31(21)34-19-9-5-17(26)6-10-19/h3-10,12-13,21,24H,1-2,11,14H2,(H,29,32). The zero-order chi connectivity index (χ0) is 24.1. The van der Waals surface area contributed by atoms with Gasteiger partial charge in [0.15, 0.2) is 0 Å². The van der Waals surface area contributed by atoms with Gasteiger partial charge in [0.1, 0.15) is 16.7 Å². The number of carbonyl (C=O) groups is 1. The average molecular weight is 508 g/mol. The molecule has 1 aromatic heterocycles. The quantitative estimate of drug-likeness (QED) is 0.302. The van der Waals surface area contributed by atoms with Crippen molar-refractivity contribution >= 4 is 29.5 Å². The van der Waals surface area contributed by atoms with Crippen molar-refractivity contribution in [3.63, 3.8) is 0 Å². The number of amides is 1. The van der Waals surface area contributed by atoms with Gasteiger partial charge in [0.2, 0.25) is 5.91 Å². The van der Waals surface area contributed by atoms with Gasteiger partial charge in [-0.15, -0.1) is 0 Å². The van der Waals surface area contributed by atoms with Gasteiger partial charge in [-0.3, -0.25) is 4.79 Å². The first-order valence-electron chi connectivity index (χ1n) is 10.6. The zero-order valence-electron chi connectivity index (χ0n) is 17.9.